The Morgan fingerprint density at radius 2 is 1.80 bits per heavy atom. The van der Waals surface area contributed by atoms with Gasteiger partial charge in [-0.25, -0.2) is 18.6 Å². The van der Waals surface area contributed by atoms with Crippen LogP contribution in [-0.2, 0) is 0 Å². The third-order valence-electron chi connectivity index (χ3n) is 3.10. The zero-order chi connectivity index (χ0) is 14.9. The molecule has 3 N–H and O–H groups in total. The summed E-state index contributed by atoms with van der Waals surface area (Å²) in [5.41, 5.74) is 4.23. The van der Waals surface area contributed by atoms with Crippen molar-refractivity contribution in [2.45, 2.75) is 13.0 Å². The van der Waals surface area contributed by atoms with Gasteiger partial charge in [0.2, 0.25) is 0 Å². The molecule has 0 spiro atoms. The molecule has 2 aromatic carbocycles. The Bertz CT molecular complexity index is 647. The largest absolute Gasteiger partial charge is 0.271 e. The Morgan fingerprint density at radius 3 is 2.45 bits per heavy atom. The molecular weight excluding hydrogens is 333 g/mol. The van der Waals surface area contributed by atoms with Crippen LogP contribution in [0.15, 0.2) is 34.8 Å². The molecule has 2 nitrogen and oxygen atoms in total. The molecule has 6 heteroatoms. The van der Waals surface area contributed by atoms with Gasteiger partial charge in [0, 0.05) is 0 Å². The fourth-order valence-corrected chi connectivity index (χ4v) is 2.58. The van der Waals surface area contributed by atoms with E-state index >= 15 is 0 Å². The maximum absolute atomic E-state index is 13.6. The fraction of sp³-hybridized carbons (Fsp3) is 0.143. The predicted octanol–water partition coefficient (Wildman–Crippen LogP) is 3.73. The molecule has 2 aromatic rings. The first-order valence-electron chi connectivity index (χ1n) is 5.81. The number of rotatable bonds is 3. The molecule has 106 valence electrons. The van der Waals surface area contributed by atoms with E-state index in [1.165, 1.54) is 18.2 Å². The van der Waals surface area contributed by atoms with E-state index in [1.807, 2.05) is 0 Å². The molecule has 20 heavy (non-hydrogen) atoms. The molecule has 0 aliphatic rings. The maximum Gasteiger partial charge on any atom is 0.173 e. The number of benzene rings is 2. The second-order valence-corrected chi connectivity index (χ2v) is 5.16. The van der Waals surface area contributed by atoms with Gasteiger partial charge >= 0.3 is 0 Å². The summed E-state index contributed by atoms with van der Waals surface area (Å²) in [6, 6.07) is 5.99. The van der Waals surface area contributed by atoms with Gasteiger partial charge in [0.1, 0.15) is 5.82 Å². The maximum atomic E-state index is 13.6. The fourth-order valence-electron chi connectivity index (χ4n) is 2.03. The minimum atomic E-state index is -1.00. The van der Waals surface area contributed by atoms with Crippen LogP contribution in [0.5, 0.6) is 0 Å². The molecule has 0 bridgehead atoms. The minimum absolute atomic E-state index is 0.0379. The highest BCUT2D eigenvalue weighted by atomic mass is 79.9. The number of nitrogens with one attached hydrogen (secondary N) is 1. The highest BCUT2D eigenvalue weighted by Gasteiger charge is 2.21. The van der Waals surface area contributed by atoms with Crippen LogP contribution >= 0.6 is 15.9 Å². The van der Waals surface area contributed by atoms with Gasteiger partial charge in [0.25, 0.3) is 0 Å². The molecule has 0 saturated carbocycles. The normalized spacial score (nSPS) is 12.5. The molecular formula is C14H12BrF3N2. The summed E-state index contributed by atoms with van der Waals surface area (Å²) in [5, 5.41) is 0. The molecule has 1 atom stereocenters. The second kappa shape index (κ2) is 5.95. The Hall–Kier alpha value is -1.37. The Kier molecular flexibility index (Phi) is 4.47. The monoisotopic (exact) mass is 344 g/mol. The number of hydrazine groups is 1. The van der Waals surface area contributed by atoms with Crippen molar-refractivity contribution in [3.63, 3.8) is 0 Å². The summed E-state index contributed by atoms with van der Waals surface area (Å²) in [6.07, 6.45) is 0. The SMILES string of the molecule is Cc1ccc(F)cc1C(NN)c1ccc(F)c(F)c1Br. The highest BCUT2D eigenvalue weighted by molar-refractivity contribution is 9.10. The number of hydrogen-bond donors (Lipinski definition) is 2. The second-order valence-electron chi connectivity index (χ2n) is 4.37. The van der Waals surface area contributed by atoms with Crippen molar-refractivity contribution in [3.05, 3.63) is 68.9 Å². The number of nitrogens with two attached hydrogens (primary N) is 1. The Labute approximate surface area is 122 Å². The van der Waals surface area contributed by atoms with Crippen LogP contribution in [0.1, 0.15) is 22.7 Å². The van der Waals surface area contributed by atoms with Crippen LogP contribution in [0, 0.1) is 24.4 Å². The first-order valence-corrected chi connectivity index (χ1v) is 6.60. The third kappa shape index (κ3) is 2.72. The van der Waals surface area contributed by atoms with E-state index in [1.54, 1.807) is 13.0 Å². The summed E-state index contributed by atoms with van der Waals surface area (Å²) in [4.78, 5) is 0. The van der Waals surface area contributed by atoms with Gasteiger partial charge in [-0.05, 0) is 57.7 Å². The standard InChI is InChI=1S/C14H12BrF3N2/c1-7-2-3-8(16)6-10(7)14(20-19)9-4-5-11(17)13(18)12(9)15/h2-6,14,20H,19H2,1H3. The molecule has 0 aliphatic carbocycles. The van der Waals surface area contributed by atoms with Gasteiger partial charge in [-0.3, -0.25) is 5.84 Å². The number of aryl methyl sites for hydroxylation is 1. The van der Waals surface area contributed by atoms with Crippen LogP contribution in [0.25, 0.3) is 0 Å². The molecule has 0 amide bonds. The molecule has 2 rings (SSSR count). The molecule has 0 aromatic heterocycles. The number of hydrogen-bond acceptors (Lipinski definition) is 2. The van der Waals surface area contributed by atoms with Crippen LogP contribution in [-0.4, -0.2) is 0 Å². The Balaban J connectivity index is 2.58. The molecule has 0 fully saturated rings. The number of halogens is 4. The first-order chi connectivity index (χ1) is 9.45. The van der Waals surface area contributed by atoms with Gasteiger partial charge in [-0.15, -0.1) is 0 Å². The van der Waals surface area contributed by atoms with E-state index in [2.05, 4.69) is 21.4 Å². The first kappa shape index (κ1) is 15.0. The zero-order valence-corrected chi connectivity index (χ0v) is 12.1. The summed E-state index contributed by atoms with van der Waals surface area (Å²) in [5.74, 6) is 3.11. The van der Waals surface area contributed by atoms with E-state index in [0.29, 0.717) is 11.1 Å². The van der Waals surface area contributed by atoms with Gasteiger partial charge in [0.05, 0.1) is 10.5 Å². The van der Waals surface area contributed by atoms with Gasteiger partial charge in [0.15, 0.2) is 11.6 Å². The average Bonchev–Trinajstić information content (AvgIpc) is 2.43. The third-order valence-corrected chi connectivity index (χ3v) is 3.90. The van der Waals surface area contributed by atoms with E-state index in [-0.39, 0.29) is 4.47 Å². The quantitative estimate of drug-likeness (QED) is 0.505. The topological polar surface area (TPSA) is 38.0 Å². The van der Waals surface area contributed by atoms with Crippen molar-refractivity contribution < 1.29 is 13.2 Å². The van der Waals surface area contributed by atoms with Crippen molar-refractivity contribution in [3.8, 4) is 0 Å². The van der Waals surface area contributed by atoms with Crippen LogP contribution in [0.2, 0.25) is 0 Å². The van der Waals surface area contributed by atoms with Crippen molar-refractivity contribution >= 4 is 15.9 Å². The lowest BCUT2D eigenvalue weighted by molar-refractivity contribution is 0.498. The molecule has 0 aliphatic heterocycles. The van der Waals surface area contributed by atoms with E-state index in [4.69, 9.17) is 5.84 Å². The van der Waals surface area contributed by atoms with Gasteiger partial charge < -0.3 is 0 Å². The summed E-state index contributed by atoms with van der Waals surface area (Å²) in [7, 11) is 0. The van der Waals surface area contributed by atoms with Gasteiger partial charge in [-0.1, -0.05) is 12.1 Å². The summed E-state index contributed by atoms with van der Waals surface area (Å²) >= 11 is 3.01. The van der Waals surface area contributed by atoms with Crippen molar-refractivity contribution in [2.75, 3.05) is 0 Å². The van der Waals surface area contributed by atoms with Crippen LogP contribution < -0.4 is 11.3 Å². The highest BCUT2D eigenvalue weighted by Crippen LogP contribution is 2.32. The van der Waals surface area contributed by atoms with E-state index < -0.39 is 23.5 Å². The smallest absolute Gasteiger partial charge is 0.173 e. The Morgan fingerprint density at radius 1 is 1.10 bits per heavy atom. The molecule has 0 saturated heterocycles. The van der Waals surface area contributed by atoms with Crippen molar-refractivity contribution in [1.29, 1.82) is 0 Å². The minimum Gasteiger partial charge on any atom is -0.271 e. The van der Waals surface area contributed by atoms with Crippen LogP contribution in [0.4, 0.5) is 13.2 Å². The van der Waals surface area contributed by atoms with E-state index in [0.717, 1.165) is 11.6 Å². The average molecular weight is 345 g/mol. The molecule has 0 radical (unpaired) electrons. The van der Waals surface area contributed by atoms with Crippen LogP contribution in [0.3, 0.4) is 0 Å². The molecule has 1 unspecified atom stereocenters. The van der Waals surface area contributed by atoms with E-state index in [9.17, 15) is 13.2 Å². The molecule has 0 heterocycles. The van der Waals surface area contributed by atoms with Crippen molar-refractivity contribution in [1.82, 2.24) is 5.43 Å². The lowest BCUT2D eigenvalue weighted by Gasteiger charge is -2.20. The van der Waals surface area contributed by atoms with Gasteiger partial charge in [-0.2, -0.15) is 0 Å². The predicted molar refractivity (Wildman–Crippen MR) is 74.4 cm³/mol. The zero-order valence-electron chi connectivity index (χ0n) is 10.6. The lowest BCUT2D eigenvalue weighted by Crippen LogP contribution is -2.30. The summed E-state index contributed by atoms with van der Waals surface area (Å²) in [6.45, 7) is 1.78. The summed E-state index contributed by atoms with van der Waals surface area (Å²) < 4.78 is 40.1. The lowest BCUT2D eigenvalue weighted by atomic mass is 9.95. The van der Waals surface area contributed by atoms with Crippen molar-refractivity contribution in [2.24, 2.45) is 5.84 Å².